The number of halogens is 3. The van der Waals surface area contributed by atoms with E-state index in [1.54, 1.807) is 17.0 Å². The van der Waals surface area contributed by atoms with Crippen LogP contribution in [-0.2, 0) is 0 Å². The first kappa shape index (κ1) is 22.3. The molecule has 1 amide bonds. The molecular formula is C23H20F3N3O4S. The van der Waals surface area contributed by atoms with Crippen LogP contribution in [0.5, 0.6) is 11.5 Å². The minimum Gasteiger partial charge on any atom is -0.490 e. The minimum absolute atomic E-state index is 0.198. The SMILES string of the molecule is CCOc1cccc2cc(C(=O)N3CCN(c4nc5ccc(OC(F)(F)F)cc5s4)CC3)oc12. The van der Waals surface area contributed by atoms with Crippen molar-refractivity contribution in [2.45, 2.75) is 13.3 Å². The van der Waals surface area contributed by atoms with E-state index in [0.29, 0.717) is 59.5 Å². The molecule has 1 aliphatic rings. The molecule has 0 unspecified atom stereocenters. The number of furan rings is 1. The van der Waals surface area contributed by atoms with Crippen LogP contribution in [0, 0.1) is 0 Å². The Kier molecular flexibility index (Phi) is 5.72. The quantitative estimate of drug-likeness (QED) is 0.377. The van der Waals surface area contributed by atoms with E-state index in [9.17, 15) is 18.0 Å². The Hall–Kier alpha value is -3.47. The molecule has 178 valence electrons. The predicted molar refractivity (Wildman–Crippen MR) is 122 cm³/mol. The molecule has 11 heteroatoms. The molecule has 1 fully saturated rings. The van der Waals surface area contributed by atoms with Crippen molar-refractivity contribution >= 4 is 43.6 Å². The highest BCUT2D eigenvalue weighted by atomic mass is 32.1. The lowest BCUT2D eigenvalue weighted by Gasteiger charge is -2.34. The molecule has 0 bridgehead atoms. The van der Waals surface area contributed by atoms with E-state index in [2.05, 4.69) is 9.72 Å². The molecule has 5 rings (SSSR count). The second-order valence-electron chi connectivity index (χ2n) is 7.67. The maximum Gasteiger partial charge on any atom is 0.573 e. The van der Waals surface area contributed by atoms with Crippen molar-refractivity contribution in [1.29, 1.82) is 0 Å². The van der Waals surface area contributed by atoms with Gasteiger partial charge in [-0.05, 0) is 31.2 Å². The Bertz CT molecular complexity index is 1340. The summed E-state index contributed by atoms with van der Waals surface area (Å²) in [5.74, 6) is 0.386. The van der Waals surface area contributed by atoms with Crippen LogP contribution in [-0.4, -0.2) is 54.9 Å². The molecule has 0 radical (unpaired) electrons. The average Bonchev–Trinajstić information content (AvgIpc) is 3.42. The third-order valence-corrected chi connectivity index (χ3v) is 6.52. The van der Waals surface area contributed by atoms with Crippen molar-refractivity contribution in [1.82, 2.24) is 9.88 Å². The lowest BCUT2D eigenvalue weighted by molar-refractivity contribution is -0.274. The Morgan fingerprint density at radius 1 is 1.15 bits per heavy atom. The second-order valence-corrected chi connectivity index (χ2v) is 8.68. The van der Waals surface area contributed by atoms with E-state index < -0.39 is 6.36 Å². The number of amides is 1. The fourth-order valence-electron chi connectivity index (χ4n) is 3.89. The van der Waals surface area contributed by atoms with Crippen molar-refractivity contribution in [3.63, 3.8) is 0 Å². The summed E-state index contributed by atoms with van der Waals surface area (Å²) in [6, 6.07) is 11.3. The molecule has 0 spiro atoms. The molecule has 3 heterocycles. The molecule has 1 saturated heterocycles. The van der Waals surface area contributed by atoms with Crippen LogP contribution >= 0.6 is 11.3 Å². The molecular weight excluding hydrogens is 471 g/mol. The Labute approximate surface area is 196 Å². The van der Waals surface area contributed by atoms with Crippen LogP contribution in [0.3, 0.4) is 0 Å². The number of nitrogens with zero attached hydrogens (tertiary/aromatic N) is 3. The molecule has 0 atom stereocenters. The number of benzene rings is 2. The number of hydrogen-bond donors (Lipinski definition) is 0. The number of aromatic nitrogens is 1. The zero-order chi connectivity index (χ0) is 23.9. The van der Waals surface area contributed by atoms with E-state index in [-0.39, 0.29) is 17.4 Å². The van der Waals surface area contributed by atoms with E-state index >= 15 is 0 Å². The van der Waals surface area contributed by atoms with E-state index in [0.717, 1.165) is 5.39 Å². The van der Waals surface area contributed by atoms with Gasteiger partial charge in [0.2, 0.25) is 0 Å². The topological polar surface area (TPSA) is 68.0 Å². The largest absolute Gasteiger partial charge is 0.573 e. The first-order chi connectivity index (χ1) is 16.3. The number of alkyl halides is 3. The molecule has 1 aliphatic heterocycles. The van der Waals surface area contributed by atoms with Crippen LogP contribution in [0.1, 0.15) is 17.5 Å². The van der Waals surface area contributed by atoms with Crippen LogP contribution in [0.25, 0.3) is 21.2 Å². The van der Waals surface area contributed by atoms with Gasteiger partial charge in [-0.2, -0.15) is 0 Å². The standard InChI is InChI=1S/C23H20F3N3O4S/c1-2-31-17-5-3-4-14-12-18(32-20(14)17)21(30)28-8-10-29(11-9-28)22-27-16-7-6-15(13-19(16)34-22)33-23(24,25)26/h3-7,12-13H,2,8-11H2,1H3. The van der Waals surface area contributed by atoms with Gasteiger partial charge in [-0.1, -0.05) is 23.5 Å². The van der Waals surface area contributed by atoms with Crippen molar-refractivity contribution < 1.29 is 31.9 Å². The van der Waals surface area contributed by atoms with Gasteiger partial charge < -0.3 is 23.7 Å². The normalized spacial score (nSPS) is 14.7. The molecule has 34 heavy (non-hydrogen) atoms. The van der Waals surface area contributed by atoms with Crippen LogP contribution in [0.2, 0.25) is 0 Å². The molecule has 2 aromatic heterocycles. The van der Waals surface area contributed by atoms with Gasteiger partial charge in [0.25, 0.3) is 5.91 Å². The third kappa shape index (κ3) is 4.47. The predicted octanol–water partition coefficient (Wildman–Crippen LogP) is 5.30. The van der Waals surface area contributed by atoms with Gasteiger partial charge in [0.05, 0.1) is 16.8 Å². The number of para-hydroxylation sites is 1. The van der Waals surface area contributed by atoms with Gasteiger partial charge in [0.1, 0.15) is 5.75 Å². The summed E-state index contributed by atoms with van der Waals surface area (Å²) in [6.45, 7) is 4.39. The van der Waals surface area contributed by atoms with Crippen molar-refractivity contribution in [3.05, 3.63) is 48.2 Å². The maximum atomic E-state index is 13.0. The molecule has 2 aromatic carbocycles. The van der Waals surface area contributed by atoms with Gasteiger partial charge in [-0.3, -0.25) is 4.79 Å². The summed E-state index contributed by atoms with van der Waals surface area (Å²) in [7, 11) is 0. The van der Waals surface area contributed by atoms with Crippen molar-refractivity contribution in [3.8, 4) is 11.5 Å². The average molecular weight is 491 g/mol. The van der Waals surface area contributed by atoms with Crippen molar-refractivity contribution in [2.24, 2.45) is 0 Å². The van der Waals surface area contributed by atoms with Crippen LogP contribution in [0.4, 0.5) is 18.3 Å². The number of thiazole rings is 1. The zero-order valence-corrected chi connectivity index (χ0v) is 18.9. The van der Waals surface area contributed by atoms with E-state index in [1.807, 2.05) is 24.0 Å². The molecule has 0 saturated carbocycles. The van der Waals surface area contributed by atoms with E-state index in [1.165, 1.54) is 29.5 Å². The number of carbonyl (C=O) groups is 1. The summed E-state index contributed by atoms with van der Waals surface area (Å²) in [5.41, 5.74) is 1.15. The van der Waals surface area contributed by atoms with Crippen molar-refractivity contribution in [2.75, 3.05) is 37.7 Å². The van der Waals surface area contributed by atoms with Gasteiger partial charge in [-0.15, -0.1) is 13.2 Å². The zero-order valence-electron chi connectivity index (χ0n) is 18.1. The van der Waals surface area contributed by atoms with E-state index in [4.69, 9.17) is 9.15 Å². The Morgan fingerprint density at radius 2 is 1.94 bits per heavy atom. The first-order valence-corrected chi connectivity index (χ1v) is 11.5. The second kappa shape index (κ2) is 8.71. The maximum absolute atomic E-state index is 13.0. The first-order valence-electron chi connectivity index (χ1n) is 10.7. The molecule has 0 aliphatic carbocycles. The number of hydrogen-bond acceptors (Lipinski definition) is 7. The third-order valence-electron chi connectivity index (χ3n) is 5.44. The fourth-order valence-corrected chi connectivity index (χ4v) is 4.94. The number of anilines is 1. The number of rotatable bonds is 5. The summed E-state index contributed by atoms with van der Waals surface area (Å²) >= 11 is 1.29. The fraction of sp³-hybridized carbons (Fsp3) is 0.304. The van der Waals surface area contributed by atoms with Gasteiger partial charge >= 0.3 is 6.36 Å². The summed E-state index contributed by atoms with van der Waals surface area (Å²) in [6.07, 6.45) is -4.74. The summed E-state index contributed by atoms with van der Waals surface area (Å²) in [5, 5.41) is 1.49. The van der Waals surface area contributed by atoms with Gasteiger partial charge in [0, 0.05) is 37.6 Å². The number of carbonyl (C=O) groups excluding carboxylic acids is 1. The molecule has 7 nitrogen and oxygen atoms in total. The Morgan fingerprint density at radius 3 is 2.68 bits per heavy atom. The number of piperazine rings is 1. The highest BCUT2D eigenvalue weighted by Gasteiger charge is 2.31. The Balaban J connectivity index is 1.27. The van der Waals surface area contributed by atoms with Crippen LogP contribution < -0.4 is 14.4 Å². The highest BCUT2D eigenvalue weighted by Crippen LogP contribution is 2.34. The van der Waals surface area contributed by atoms with Gasteiger partial charge in [0.15, 0.2) is 22.2 Å². The molecule has 0 N–H and O–H groups in total. The summed E-state index contributed by atoms with van der Waals surface area (Å²) < 4.78 is 53.5. The number of ether oxygens (including phenoxy) is 2. The molecule has 4 aromatic rings. The minimum atomic E-state index is -4.74. The highest BCUT2D eigenvalue weighted by molar-refractivity contribution is 7.22. The smallest absolute Gasteiger partial charge is 0.490 e. The van der Waals surface area contributed by atoms with Gasteiger partial charge in [-0.25, -0.2) is 4.98 Å². The van der Waals surface area contributed by atoms with Crippen LogP contribution in [0.15, 0.2) is 46.9 Å². The summed E-state index contributed by atoms with van der Waals surface area (Å²) in [4.78, 5) is 21.3. The lowest BCUT2D eigenvalue weighted by Crippen LogP contribution is -2.48. The monoisotopic (exact) mass is 491 g/mol. The number of fused-ring (bicyclic) bond motifs is 2. The lowest BCUT2D eigenvalue weighted by atomic mass is 10.2.